The van der Waals surface area contributed by atoms with Gasteiger partial charge >= 0.3 is 0 Å². The van der Waals surface area contributed by atoms with Gasteiger partial charge in [-0.1, -0.05) is 20.3 Å². The third-order valence-electron chi connectivity index (χ3n) is 4.55. The summed E-state index contributed by atoms with van der Waals surface area (Å²) in [6.45, 7) is 6.95. The first kappa shape index (κ1) is 16.2. The van der Waals surface area contributed by atoms with Crippen LogP contribution < -0.4 is 5.32 Å². The third-order valence-corrected chi connectivity index (χ3v) is 6.38. The topological polar surface area (TPSA) is 49.4 Å². The quantitative estimate of drug-likeness (QED) is 0.741. The Morgan fingerprint density at radius 1 is 1.15 bits per heavy atom. The van der Waals surface area contributed by atoms with Gasteiger partial charge < -0.3 is 5.32 Å². The summed E-state index contributed by atoms with van der Waals surface area (Å²) >= 11 is 0. The van der Waals surface area contributed by atoms with Crippen LogP contribution in [0.25, 0.3) is 0 Å². The van der Waals surface area contributed by atoms with Crippen molar-refractivity contribution < 1.29 is 8.42 Å². The number of rotatable bonds is 8. The van der Waals surface area contributed by atoms with E-state index in [-0.39, 0.29) is 0 Å². The van der Waals surface area contributed by atoms with E-state index in [1.807, 2.05) is 6.92 Å². The van der Waals surface area contributed by atoms with Gasteiger partial charge in [0, 0.05) is 37.5 Å². The van der Waals surface area contributed by atoms with Crippen LogP contribution in [-0.4, -0.2) is 56.5 Å². The molecule has 4 nitrogen and oxygen atoms in total. The van der Waals surface area contributed by atoms with E-state index < -0.39 is 9.84 Å². The van der Waals surface area contributed by atoms with Crippen molar-refractivity contribution >= 4 is 9.84 Å². The predicted molar refractivity (Wildman–Crippen MR) is 83.7 cm³/mol. The first-order valence-corrected chi connectivity index (χ1v) is 10.1. The molecule has 118 valence electrons. The lowest BCUT2D eigenvalue weighted by Crippen LogP contribution is -2.58. The first-order chi connectivity index (χ1) is 9.55. The van der Waals surface area contributed by atoms with Crippen molar-refractivity contribution in [1.82, 2.24) is 10.2 Å². The van der Waals surface area contributed by atoms with Crippen molar-refractivity contribution in [2.24, 2.45) is 5.92 Å². The SMILES string of the molecule is CCCC1CN(CCS(=O)(=O)CCC)C(C2CC2)CN1. The number of hydrogen-bond donors (Lipinski definition) is 1. The number of nitrogens with one attached hydrogen (secondary N) is 1. The number of hydrogen-bond acceptors (Lipinski definition) is 4. The Labute approximate surface area is 124 Å². The maximum absolute atomic E-state index is 11.9. The third kappa shape index (κ3) is 4.71. The van der Waals surface area contributed by atoms with E-state index in [1.54, 1.807) is 0 Å². The fraction of sp³-hybridized carbons (Fsp3) is 1.00. The van der Waals surface area contributed by atoms with Crippen molar-refractivity contribution in [3.63, 3.8) is 0 Å². The molecule has 2 unspecified atom stereocenters. The summed E-state index contributed by atoms with van der Waals surface area (Å²) in [5.74, 6) is 1.48. The smallest absolute Gasteiger partial charge is 0.151 e. The molecule has 0 aromatic carbocycles. The average Bonchev–Trinajstić information content (AvgIpc) is 3.21. The molecule has 0 aromatic heterocycles. The summed E-state index contributed by atoms with van der Waals surface area (Å²) < 4.78 is 23.9. The van der Waals surface area contributed by atoms with Crippen LogP contribution >= 0.6 is 0 Å². The number of nitrogens with zero attached hydrogens (tertiary/aromatic N) is 1. The van der Waals surface area contributed by atoms with Crippen LogP contribution in [-0.2, 0) is 9.84 Å². The highest BCUT2D eigenvalue weighted by atomic mass is 32.2. The van der Waals surface area contributed by atoms with E-state index in [0.29, 0.717) is 23.6 Å². The van der Waals surface area contributed by atoms with E-state index >= 15 is 0 Å². The molecule has 0 aromatic rings. The Kier molecular flexibility index (Phi) is 5.87. The molecule has 1 N–H and O–H groups in total. The molecule has 1 saturated carbocycles. The monoisotopic (exact) mass is 302 g/mol. The Hall–Kier alpha value is -0.130. The van der Waals surface area contributed by atoms with Gasteiger partial charge in [-0.15, -0.1) is 0 Å². The fourth-order valence-corrected chi connectivity index (χ4v) is 4.65. The molecule has 0 bridgehead atoms. The molecule has 0 amide bonds. The van der Waals surface area contributed by atoms with Crippen LogP contribution in [0.2, 0.25) is 0 Å². The van der Waals surface area contributed by atoms with E-state index in [2.05, 4.69) is 17.1 Å². The van der Waals surface area contributed by atoms with Gasteiger partial charge in [-0.3, -0.25) is 4.90 Å². The molecule has 1 heterocycles. The zero-order valence-electron chi connectivity index (χ0n) is 13.0. The van der Waals surface area contributed by atoms with Crippen molar-refractivity contribution in [2.75, 3.05) is 31.1 Å². The molecule has 2 atom stereocenters. The molecule has 5 heteroatoms. The molecule has 2 fully saturated rings. The zero-order valence-corrected chi connectivity index (χ0v) is 13.8. The van der Waals surface area contributed by atoms with Gasteiger partial charge in [0.1, 0.15) is 0 Å². The highest BCUT2D eigenvalue weighted by molar-refractivity contribution is 7.91. The van der Waals surface area contributed by atoms with Gasteiger partial charge in [-0.25, -0.2) is 8.42 Å². The molecule has 2 aliphatic rings. The minimum absolute atomic E-state index is 0.336. The maximum atomic E-state index is 11.9. The normalized spacial score (nSPS) is 28.7. The lowest BCUT2D eigenvalue weighted by Gasteiger charge is -2.40. The van der Waals surface area contributed by atoms with Gasteiger partial charge in [0.15, 0.2) is 9.84 Å². The molecule has 20 heavy (non-hydrogen) atoms. The second-order valence-electron chi connectivity index (χ2n) is 6.45. The van der Waals surface area contributed by atoms with Crippen molar-refractivity contribution in [1.29, 1.82) is 0 Å². The maximum Gasteiger partial charge on any atom is 0.151 e. The van der Waals surface area contributed by atoms with E-state index in [0.717, 1.165) is 32.0 Å². The number of sulfone groups is 1. The minimum atomic E-state index is -2.85. The highest BCUT2D eigenvalue weighted by Gasteiger charge is 2.38. The van der Waals surface area contributed by atoms with Gasteiger partial charge in [0.05, 0.1) is 5.75 Å². The van der Waals surface area contributed by atoms with Crippen LogP contribution in [0, 0.1) is 5.92 Å². The van der Waals surface area contributed by atoms with Gasteiger partial charge in [-0.05, 0) is 31.6 Å². The molecule has 1 aliphatic heterocycles. The summed E-state index contributed by atoms with van der Waals surface area (Å²) in [5, 5.41) is 3.65. The van der Waals surface area contributed by atoms with Crippen LogP contribution in [0.15, 0.2) is 0 Å². The summed E-state index contributed by atoms with van der Waals surface area (Å²) in [7, 11) is -2.85. The van der Waals surface area contributed by atoms with E-state index in [9.17, 15) is 8.42 Å². The minimum Gasteiger partial charge on any atom is -0.311 e. The summed E-state index contributed by atoms with van der Waals surface area (Å²) in [6, 6.07) is 1.11. The van der Waals surface area contributed by atoms with Crippen molar-refractivity contribution in [3.8, 4) is 0 Å². The first-order valence-electron chi connectivity index (χ1n) is 8.23. The van der Waals surface area contributed by atoms with Crippen LogP contribution in [0.5, 0.6) is 0 Å². The van der Waals surface area contributed by atoms with Gasteiger partial charge in [-0.2, -0.15) is 0 Å². The van der Waals surface area contributed by atoms with E-state index in [1.165, 1.54) is 25.7 Å². The second-order valence-corrected chi connectivity index (χ2v) is 8.75. The van der Waals surface area contributed by atoms with E-state index in [4.69, 9.17) is 0 Å². The molecule has 2 rings (SSSR count). The Bertz CT molecular complexity index is 393. The highest BCUT2D eigenvalue weighted by Crippen LogP contribution is 2.36. The molecule has 0 radical (unpaired) electrons. The Morgan fingerprint density at radius 2 is 1.90 bits per heavy atom. The Morgan fingerprint density at radius 3 is 2.50 bits per heavy atom. The summed E-state index contributed by atoms with van der Waals surface area (Å²) in [5.41, 5.74) is 0. The lowest BCUT2D eigenvalue weighted by atomic mass is 10.0. The summed E-state index contributed by atoms with van der Waals surface area (Å²) in [6.07, 6.45) is 5.75. The lowest BCUT2D eigenvalue weighted by molar-refractivity contribution is 0.119. The standard InChI is InChI=1S/C15H30N2O2S/c1-3-5-14-12-17(8-10-20(18,19)9-4-2)15(11-16-14)13-6-7-13/h13-16H,3-12H2,1-2H3. The average molecular weight is 302 g/mol. The molecular weight excluding hydrogens is 272 g/mol. The molecule has 0 spiro atoms. The Balaban J connectivity index is 1.89. The number of piperazine rings is 1. The summed E-state index contributed by atoms with van der Waals surface area (Å²) in [4.78, 5) is 2.46. The largest absolute Gasteiger partial charge is 0.311 e. The second kappa shape index (κ2) is 7.23. The predicted octanol–water partition coefficient (Wildman–Crippen LogP) is 1.66. The van der Waals surface area contributed by atoms with Crippen LogP contribution in [0.3, 0.4) is 0 Å². The van der Waals surface area contributed by atoms with Crippen molar-refractivity contribution in [2.45, 2.75) is 58.0 Å². The molecule has 1 saturated heterocycles. The van der Waals surface area contributed by atoms with Crippen molar-refractivity contribution in [3.05, 3.63) is 0 Å². The van der Waals surface area contributed by atoms with Crippen LogP contribution in [0.1, 0.15) is 46.0 Å². The van der Waals surface area contributed by atoms with Crippen LogP contribution in [0.4, 0.5) is 0 Å². The van der Waals surface area contributed by atoms with Gasteiger partial charge in [0.2, 0.25) is 0 Å². The fourth-order valence-electron chi connectivity index (χ4n) is 3.31. The molecule has 1 aliphatic carbocycles. The zero-order chi connectivity index (χ0) is 14.6. The van der Waals surface area contributed by atoms with Gasteiger partial charge in [0.25, 0.3) is 0 Å². The molecular formula is C15H30N2O2S.